The number of H-pyrrole nitrogens is 1. The van der Waals surface area contributed by atoms with Crippen LogP contribution in [-0.2, 0) is 6.42 Å². The molecule has 0 bridgehead atoms. The maximum atomic E-state index is 11.2. The molecule has 3 aromatic rings. The molecule has 126 valence electrons. The van der Waals surface area contributed by atoms with E-state index in [9.17, 15) is 15.2 Å². The van der Waals surface area contributed by atoms with E-state index in [1.807, 2.05) is 6.20 Å². The van der Waals surface area contributed by atoms with Crippen LogP contribution in [0.2, 0.25) is 0 Å². The van der Waals surface area contributed by atoms with Crippen LogP contribution in [0.15, 0.2) is 47.7 Å². The van der Waals surface area contributed by atoms with Crippen LogP contribution in [-0.4, -0.2) is 21.6 Å². The van der Waals surface area contributed by atoms with Gasteiger partial charge in [-0.3, -0.25) is 10.1 Å². The van der Waals surface area contributed by atoms with Crippen LogP contribution in [0.1, 0.15) is 5.56 Å². The average Bonchev–Trinajstić information content (AvgIpc) is 2.98. The fourth-order valence-corrected chi connectivity index (χ4v) is 2.64. The lowest BCUT2D eigenvalue weighted by Crippen LogP contribution is -2.06. The molecule has 9 nitrogen and oxygen atoms in total. The molecule has 0 aliphatic carbocycles. The Bertz CT molecular complexity index is 991. The summed E-state index contributed by atoms with van der Waals surface area (Å²) < 4.78 is 0. The molecule has 3 N–H and O–H groups in total. The molecule has 0 amide bonds. The lowest BCUT2D eigenvalue weighted by molar-refractivity contribution is -0.383. The van der Waals surface area contributed by atoms with Crippen LogP contribution in [0.3, 0.4) is 0 Å². The molecule has 9 heteroatoms. The molecule has 0 fully saturated rings. The van der Waals surface area contributed by atoms with Gasteiger partial charge in [0.1, 0.15) is 11.4 Å². The number of benzene rings is 2. The van der Waals surface area contributed by atoms with Gasteiger partial charge in [-0.05, 0) is 41.8 Å². The lowest BCUT2D eigenvalue weighted by atomic mass is 10.1. The topological polar surface area (TPSA) is 140 Å². The fraction of sp³-hybridized carbons (Fsp3) is 0.125. The maximum Gasteiger partial charge on any atom is 0.292 e. The van der Waals surface area contributed by atoms with E-state index < -0.39 is 4.92 Å². The highest BCUT2D eigenvalue weighted by Crippen LogP contribution is 2.29. The Morgan fingerprint density at radius 3 is 2.92 bits per heavy atom. The first kappa shape index (κ1) is 16.2. The second-order valence-corrected chi connectivity index (χ2v) is 5.37. The smallest absolute Gasteiger partial charge is 0.292 e. The van der Waals surface area contributed by atoms with Crippen molar-refractivity contribution in [3.63, 3.8) is 0 Å². The summed E-state index contributed by atoms with van der Waals surface area (Å²) >= 11 is 0. The molecule has 1 aromatic heterocycles. The number of aromatic hydroxyl groups is 1. The zero-order valence-corrected chi connectivity index (χ0v) is 13.0. The number of nitro benzene ring substituents is 1. The van der Waals surface area contributed by atoms with Gasteiger partial charge in [0.15, 0.2) is 0 Å². The standard InChI is InChI=1S/C16H14N6O3/c17-21-20-11-1-3-15(16(7-11)22(24)25)18-6-5-10-9-19-14-4-2-12(23)8-13(10)14/h1-4,7-9,18-19,23H,5-6H2. The van der Waals surface area contributed by atoms with E-state index in [0.29, 0.717) is 18.7 Å². The third-order valence-corrected chi connectivity index (χ3v) is 3.80. The van der Waals surface area contributed by atoms with Crippen LogP contribution in [0.4, 0.5) is 17.1 Å². The van der Waals surface area contributed by atoms with Crippen molar-refractivity contribution in [2.45, 2.75) is 6.42 Å². The van der Waals surface area contributed by atoms with Gasteiger partial charge in [-0.15, -0.1) is 0 Å². The maximum absolute atomic E-state index is 11.2. The molecule has 3 rings (SSSR count). The summed E-state index contributed by atoms with van der Waals surface area (Å²) in [6.07, 6.45) is 2.46. The first-order chi connectivity index (χ1) is 12.1. The summed E-state index contributed by atoms with van der Waals surface area (Å²) in [6.45, 7) is 0.463. The highest BCUT2D eigenvalue weighted by atomic mass is 16.6. The van der Waals surface area contributed by atoms with Gasteiger partial charge in [0, 0.05) is 40.3 Å². The minimum absolute atomic E-state index is 0.151. The van der Waals surface area contributed by atoms with Gasteiger partial charge in [-0.1, -0.05) is 11.2 Å². The zero-order chi connectivity index (χ0) is 17.8. The number of aromatic nitrogens is 1. The van der Waals surface area contributed by atoms with E-state index in [1.54, 1.807) is 18.2 Å². The number of azide groups is 1. The molecule has 25 heavy (non-hydrogen) atoms. The van der Waals surface area contributed by atoms with Crippen molar-refractivity contribution in [2.24, 2.45) is 5.11 Å². The molecule has 0 aliphatic rings. The van der Waals surface area contributed by atoms with Gasteiger partial charge >= 0.3 is 0 Å². The highest BCUT2D eigenvalue weighted by molar-refractivity contribution is 5.84. The van der Waals surface area contributed by atoms with Crippen LogP contribution in [0, 0.1) is 10.1 Å². The number of fused-ring (bicyclic) bond motifs is 1. The van der Waals surface area contributed by atoms with Gasteiger partial charge in [0.2, 0.25) is 0 Å². The van der Waals surface area contributed by atoms with E-state index in [1.165, 1.54) is 18.2 Å². The SMILES string of the molecule is [N-]=[N+]=Nc1ccc(NCCc2c[nH]c3ccc(O)cc23)c([N+](=O)[O-])c1. The first-order valence-corrected chi connectivity index (χ1v) is 7.45. The number of phenols is 1. The van der Waals surface area contributed by atoms with Crippen molar-refractivity contribution in [1.29, 1.82) is 0 Å². The first-order valence-electron chi connectivity index (χ1n) is 7.45. The summed E-state index contributed by atoms with van der Waals surface area (Å²) in [7, 11) is 0. The summed E-state index contributed by atoms with van der Waals surface area (Å²) in [4.78, 5) is 16.4. The second kappa shape index (κ2) is 6.81. The van der Waals surface area contributed by atoms with Crippen LogP contribution < -0.4 is 5.32 Å². The predicted molar refractivity (Wildman–Crippen MR) is 94.1 cm³/mol. The minimum Gasteiger partial charge on any atom is -0.508 e. The fourth-order valence-electron chi connectivity index (χ4n) is 2.64. The Balaban J connectivity index is 1.76. The van der Waals surface area contributed by atoms with Crippen molar-refractivity contribution < 1.29 is 10.0 Å². The number of nitrogens with zero attached hydrogens (tertiary/aromatic N) is 4. The third kappa shape index (κ3) is 3.46. The summed E-state index contributed by atoms with van der Waals surface area (Å²) in [5, 5.41) is 28.1. The largest absolute Gasteiger partial charge is 0.508 e. The van der Waals surface area contributed by atoms with E-state index in [4.69, 9.17) is 5.53 Å². The Hall–Kier alpha value is -3.71. The van der Waals surface area contributed by atoms with E-state index in [0.717, 1.165) is 16.5 Å². The monoisotopic (exact) mass is 338 g/mol. The molecular formula is C16H14N6O3. The molecule has 0 spiro atoms. The number of nitrogens with one attached hydrogen (secondary N) is 2. The molecule has 0 saturated heterocycles. The Kier molecular flexibility index (Phi) is 4.40. The van der Waals surface area contributed by atoms with E-state index >= 15 is 0 Å². The van der Waals surface area contributed by atoms with Crippen molar-refractivity contribution in [3.05, 3.63) is 68.7 Å². The number of phenolic OH excluding ortho intramolecular Hbond substituents is 1. The van der Waals surface area contributed by atoms with Crippen molar-refractivity contribution in [3.8, 4) is 5.75 Å². The summed E-state index contributed by atoms with van der Waals surface area (Å²) in [5.74, 6) is 0.186. The summed E-state index contributed by atoms with van der Waals surface area (Å²) in [6, 6.07) is 9.34. The molecule has 1 heterocycles. The number of anilines is 1. The van der Waals surface area contributed by atoms with E-state index in [2.05, 4.69) is 20.3 Å². The number of hydrogen-bond acceptors (Lipinski definition) is 5. The minimum atomic E-state index is -0.525. The van der Waals surface area contributed by atoms with E-state index in [-0.39, 0.29) is 17.1 Å². The molecule has 0 radical (unpaired) electrons. The van der Waals surface area contributed by atoms with Crippen molar-refractivity contribution in [2.75, 3.05) is 11.9 Å². The van der Waals surface area contributed by atoms with Crippen LogP contribution >= 0.6 is 0 Å². The van der Waals surface area contributed by atoms with Crippen LogP contribution in [0.5, 0.6) is 5.75 Å². The molecule has 0 aliphatic heterocycles. The normalized spacial score (nSPS) is 10.4. The number of aromatic amines is 1. The number of nitro groups is 1. The van der Waals surface area contributed by atoms with Gasteiger partial charge in [-0.2, -0.15) is 0 Å². The Morgan fingerprint density at radius 2 is 2.16 bits per heavy atom. The summed E-state index contributed by atoms with van der Waals surface area (Å²) in [5.41, 5.74) is 10.7. The zero-order valence-electron chi connectivity index (χ0n) is 13.0. The third-order valence-electron chi connectivity index (χ3n) is 3.80. The van der Waals surface area contributed by atoms with Crippen molar-refractivity contribution >= 4 is 28.0 Å². The molecule has 2 aromatic carbocycles. The Morgan fingerprint density at radius 1 is 1.32 bits per heavy atom. The molecule has 0 atom stereocenters. The van der Waals surface area contributed by atoms with Crippen LogP contribution in [0.25, 0.3) is 21.3 Å². The van der Waals surface area contributed by atoms with Gasteiger partial charge in [0.25, 0.3) is 5.69 Å². The quantitative estimate of drug-likeness (QED) is 0.202. The second-order valence-electron chi connectivity index (χ2n) is 5.37. The van der Waals surface area contributed by atoms with Gasteiger partial charge in [0.05, 0.1) is 4.92 Å². The van der Waals surface area contributed by atoms with Gasteiger partial charge in [-0.25, -0.2) is 0 Å². The highest BCUT2D eigenvalue weighted by Gasteiger charge is 2.14. The number of rotatable bonds is 6. The van der Waals surface area contributed by atoms with Crippen molar-refractivity contribution in [1.82, 2.24) is 4.98 Å². The molecular weight excluding hydrogens is 324 g/mol. The average molecular weight is 338 g/mol. The lowest BCUT2D eigenvalue weighted by Gasteiger charge is -2.07. The number of hydrogen-bond donors (Lipinski definition) is 3. The molecule has 0 unspecified atom stereocenters. The predicted octanol–water partition coefficient (Wildman–Crippen LogP) is 4.38. The Labute approximate surface area is 141 Å². The van der Waals surface area contributed by atoms with Gasteiger partial charge < -0.3 is 15.4 Å². The molecule has 0 saturated carbocycles.